The van der Waals surface area contributed by atoms with Crippen LogP contribution in [0.3, 0.4) is 0 Å². The maximum Gasteiger partial charge on any atom is 0.322 e. The number of urea groups is 1. The number of phenolic OH excluding ortho intramolecular Hbond substituents is 2. The van der Waals surface area contributed by atoms with Crippen molar-refractivity contribution in [2.24, 2.45) is 0 Å². The molecule has 5 heterocycles. The van der Waals surface area contributed by atoms with Gasteiger partial charge in [0, 0.05) is 58.8 Å². The van der Waals surface area contributed by atoms with E-state index in [9.17, 15) is 29.4 Å². The zero-order valence-electron chi connectivity index (χ0n) is 25.8. The van der Waals surface area contributed by atoms with Crippen molar-refractivity contribution < 1.29 is 29.4 Å². The predicted octanol–water partition coefficient (Wildman–Crippen LogP) is 3.75. The molecule has 4 aromatic rings. The number of nitrogens with two attached hydrogens (primary N) is 1. The highest BCUT2D eigenvalue weighted by atomic mass is 79.9. The number of imide groups is 1. The van der Waals surface area contributed by atoms with Crippen molar-refractivity contribution in [3.05, 3.63) is 63.9 Å². The summed E-state index contributed by atoms with van der Waals surface area (Å²) in [5, 5.41) is 25.8. The van der Waals surface area contributed by atoms with Crippen molar-refractivity contribution in [1.82, 2.24) is 34.6 Å². The number of nitrogens with zero attached hydrogens (tertiary/aromatic N) is 6. The van der Waals surface area contributed by atoms with E-state index in [1.165, 1.54) is 35.1 Å². The van der Waals surface area contributed by atoms with Crippen LogP contribution >= 0.6 is 27.7 Å². The number of aromatic nitrogens is 4. The molecular formula is C32H30BrN9O6S. The molecule has 1 unspecified atom stereocenters. The smallest absolute Gasteiger partial charge is 0.322 e. The third-order valence-electron chi connectivity index (χ3n) is 8.83. The summed E-state index contributed by atoms with van der Waals surface area (Å²) in [7, 11) is 0. The zero-order chi connectivity index (χ0) is 34.4. The second-order valence-electron chi connectivity index (χ2n) is 11.8. The summed E-state index contributed by atoms with van der Waals surface area (Å²) in [5.41, 5.74) is 9.86. The maximum absolute atomic E-state index is 13.3. The molecule has 49 heavy (non-hydrogen) atoms. The quantitative estimate of drug-likeness (QED) is 0.104. The fourth-order valence-corrected chi connectivity index (χ4v) is 7.72. The van der Waals surface area contributed by atoms with E-state index in [0.717, 1.165) is 5.57 Å². The molecule has 0 radical (unpaired) electrons. The third kappa shape index (κ3) is 6.26. The lowest BCUT2D eigenvalue weighted by atomic mass is 10.0. The molecule has 0 saturated carbocycles. The molecule has 3 aliphatic rings. The zero-order valence-corrected chi connectivity index (χ0v) is 28.3. The molecule has 2 aromatic heterocycles. The SMILES string of the molecule is Nc1ncnc2c1nc(Sc1cc(O)c(O)cc1Br)n2CCC1=CCN(C(=O)Nc2cccc3c2CN(C2CCC(=O)NC2=O)C3=O)CC1. The molecule has 6 N–H and O–H groups in total. The Morgan fingerprint density at radius 1 is 1.14 bits per heavy atom. The first-order valence-electron chi connectivity index (χ1n) is 15.4. The van der Waals surface area contributed by atoms with E-state index < -0.39 is 11.9 Å². The van der Waals surface area contributed by atoms with Gasteiger partial charge in [-0.25, -0.2) is 19.7 Å². The third-order valence-corrected chi connectivity index (χ3v) is 10.8. The number of fused-ring (bicyclic) bond motifs is 2. The molecule has 1 atom stereocenters. The molecule has 1 saturated heterocycles. The molecule has 7 rings (SSSR count). The standard InChI is InChI=1S/C32H30BrN9O6S/c33-19-12-22(43)23(44)13-24(19)49-32-39-26-27(34)35-15-36-28(26)41(32)11-8-16-6-9-40(10-7-16)31(48)37-20-3-1-2-17-18(20)14-42(30(17)47)21-4-5-25(45)38-29(21)46/h1-3,6,12-13,15,21,43-44H,4-5,7-11,14H2,(H,37,48)(H2,34,35,36)(H,38,45,46). The van der Waals surface area contributed by atoms with Gasteiger partial charge in [-0.15, -0.1) is 0 Å². The fourth-order valence-electron chi connectivity index (χ4n) is 6.20. The molecular weight excluding hydrogens is 718 g/mol. The number of halogens is 1. The van der Waals surface area contributed by atoms with Crippen LogP contribution < -0.4 is 16.4 Å². The number of nitrogen functional groups attached to an aromatic ring is 1. The van der Waals surface area contributed by atoms with E-state index in [1.54, 1.807) is 23.1 Å². The Balaban J connectivity index is 1.02. The Hall–Kier alpha value is -5.16. The molecule has 15 nitrogen and oxygen atoms in total. The minimum atomic E-state index is -0.741. The van der Waals surface area contributed by atoms with Crippen LogP contribution in [0.5, 0.6) is 11.5 Å². The molecule has 0 spiro atoms. The van der Waals surface area contributed by atoms with Gasteiger partial charge in [0.15, 0.2) is 33.6 Å². The summed E-state index contributed by atoms with van der Waals surface area (Å²) < 4.78 is 2.52. The fraction of sp³-hybridized carbons (Fsp3) is 0.281. The first kappa shape index (κ1) is 32.4. The van der Waals surface area contributed by atoms with Gasteiger partial charge in [0.05, 0.1) is 0 Å². The number of imidazole rings is 1. The molecule has 2 aromatic carbocycles. The van der Waals surface area contributed by atoms with Gasteiger partial charge < -0.3 is 35.6 Å². The van der Waals surface area contributed by atoms with Crippen LogP contribution in [0.1, 0.15) is 41.6 Å². The number of carbonyl (C=O) groups is 4. The number of rotatable bonds is 7. The van der Waals surface area contributed by atoms with Crippen LogP contribution in [-0.4, -0.2) is 82.4 Å². The lowest BCUT2D eigenvalue weighted by Crippen LogP contribution is -2.52. The number of aryl methyl sites for hydroxylation is 1. The van der Waals surface area contributed by atoms with E-state index in [4.69, 9.17) is 5.73 Å². The van der Waals surface area contributed by atoms with E-state index in [-0.39, 0.29) is 54.5 Å². The van der Waals surface area contributed by atoms with Gasteiger partial charge in [-0.3, -0.25) is 19.7 Å². The second-order valence-corrected chi connectivity index (χ2v) is 13.7. The number of hydrogen-bond acceptors (Lipinski definition) is 11. The molecule has 0 bridgehead atoms. The Kier molecular flexibility index (Phi) is 8.62. The first-order valence-corrected chi connectivity index (χ1v) is 17.0. The average molecular weight is 749 g/mol. The van der Waals surface area contributed by atoms with Gasteiger partial charge in [-0.2, -0.15) is 0 Å². The van der Waals surface area contributed by atoms with Gasteiger partial charge in [0.2, 0.25) is 11.8 Å². The number of hydrogen-bond donors (Lipinski definition) is 5. The van der Waals surface area contributed by atoms with Crippen molar-refractivity contribution >= 4 is 74.1 Å². The van der Waals surface area contributed by atoms with Gasteiger partial charge >= 0.3 is 6.03 Å². The Bertz CT molecular complexity index is 2090. The molecule has 0 aliphatic carbocycles. The molecule has 1 fully saturated rings. The minimum Gasteiger partial charge on any atom is -0.504 e. The topological polar surface area (TPSA) is 209 Å². The van der Waals surface area contributed by atoms with Gasteiger partial charge in [-0.05, 0) is 59.5 Å². The van der Waals surface area contributed by atoms with Crippen LogP contribution in [0.15, 0.2) is 62.8 Å². The van der Waals surface area contributed by atoms with Gasteiger partial charge in [0.1, 0.15) is 12.4 Å². The van der Waals surface area contributed by atoms with Crippen LogP contribution in [0.2, 0.25) is 0 Å². The number of benzene rings is 2. The Morgan fingerprint density at radius 3 is 2.73 bits per heavy atom. The number of amides is 5. The van der Waals surface area contributed by atoms with Gasteiger partial charge in [-0.1, -0.05) is 29.5 Å². The Morgan fingerprint density at radius 2 is 1.96 bits per heavy atom. The van der Waals surface area contributed by atoms with Gasteiger partial charge in [0.25, 0.3) is 5.91 Å². The minimum absolute atomic E-state index is 0.158. The summed E-state index contributed by atoms with van der Waals surface area (Å²) in [5.74, 6) is -1.40. The number of anilines is 2. The van der Waals surface area contributed by atoms with Crippen LogP contribution in [-0.2, 0) is 22.7 Å². The normalized spacial score (nSPS) is 17.7. The van der Waals surface area contributed by atoms with E-state index in [1.807, 2.05) is 10.6 Å². The van der Waals surface area contributed by atoms with Crippen molar-refractivity contribution in [3.63, 3.8) is 0 Å². The van der Waals surface area contributed by atoms with Crippen LogP contribution in [0, 0.1) is 0 Å². The molecule has 17 heteroatoms. The molecule has 3 aliphatic heterocycles. The number of phenols is 2. The summed E-state index contributed by atoms with van der Waals surface area (Å²) in [6, 6.07) is 6.93. The lowest BCUT2D eigenvalue weighted by Gasteiger charge is -2.29. The summed E-state index contributed by atoms with van der Waals surface area (Å²) >= 11 is 4.71. The molecule has 252 valence electrons. The van der Waals surface area contributed by atoms with E-state index in [0.29, 0.717) is 75.0 Å². The van der Waals surface area contributed by atoms with Crippen molar-refractivity contribution in [2.75, 3.05) is 24.1 Å². The summed E-state index contributed by atoms with van der Waals surface area (Å²) in [4.78, 5) is 67.5. The second kappa shape index (κ2) is 13.0. The predicted molar refractivity (Wildman–Crippen MR) is 182 cm³/mol. The monoisotopic (exact) mass is 747 g/mol. The Labute approximate surface area is 291 Å². The van der Waals surface area contributed by atoms with E-state index in [2.05, 4.69) is 41.5 Å². The maximum atomic E-state index is 13.3. The average Bonchev–Trinajstić information content (AvgIpc) is 3.61. The number of carbonyl (C=O) groups excluding carboxylic acids is 4. The van der Waals surface area contributed by atoms with Crippen molar-refractivity contribution in [2.45, 2.75) is 54.9 Å². The highest BCUT2D eigenvalue weighted by Gasteiger charge is 2.40. The highest BCUT2D eigenvalue weighted by Crippen LogP contribution is 2.41. The van der Waals surface area contributed by atoms with Crippen LogP contribution in [0.25, 0.3) is 11.2 Å². The van der Waals surface area contributed by atoms with Crippen molar-refractivity contribution in [3.8, 4) is 11.5 Å². The largest absolute Gasteiger partial charge is 0.504 e. The summed E-state index contributed by atoms with van der Waals surface area (Å²) in [6.07, 6.45) is 5.13. The number of piperidine rings is 1. The number of aromatic hydroxyl groups is 2. The first-order chi connectivity index (χ1) is 23.6. The number of nitrogens with one attached hydrogen (secondary N) is 2. The lowest BCUT2D eigenvalue weighted by molar-refractivity contribution is -0.136. The highest BCUT2D eigenvalue weighted by molar-refractivity contribution is 9.10. The van der Waals surface area contributed by atoms with Crippen LogP contribution in [0.4, 0.5) is 16.3 Å². The molecule has 5 amide bonds. The van der Waals surface area contributed by atoms with Crippen molar-refractivity contribution in [1.29, 1.82) is 0 Å². The summed E-state index contributed by atoms with van der Waals surface area (Å²) in [6.45, 7) is 1.54. The van der Waals surface area contributed by atoms with E-state index >= 15 is 0 Å².